The molecule has 0 unspecified atom stereocenters. The smallest absolute Gasteiger partial charge is 0.0562 e. The molecule has 1 aliphatic rings. The molecule has 1 heterocycles. The molecule has 9 aromatic carbocycles. The molecule has 10 aromatic rings. The second-order valence-electron chi connectivity index (χ2n) is 15.7. The van der Waals surface area contributed by atoms with Crippen molar-refractivity contribution in [2.24, 2.45) is 0 Å². The third-order valence-electron chi connectivity index (χ3n) is 12.2. The van der Waals surface area contributed by atoms with E-state index in [1.165, 1.54) is 77.1 Å². The van der Waals surface area contributed by atoms with E-state index < -0.39 is 0 Å². The number of anilines is 3. The van der Waals surface area contributed by atoms with E-state index in [1.807, 2.05) is 0 Å². The lowest BCUT2D eigenvalue weighted by molar-refractivity contribution is 0.660. The van der Waals surface area contributed by atoms with E-state index in [1.54, 1.807) is 0 Å². The molecule has 11 rings (SSSR count). The first-order chi connectivity index (χ1) is 28.1. The summed E-state index contributed by atoms with van der Waals surface area (Å²) in [5.41, 5.74) is 16.9. The number of benzene rings is 9. The molecule has 0 saturated heterocycles. The van der Waals surface area contributed by atoms with Crippen molar-refractivity contribution in [1.29, 1.82) is 0 Å². The molecule has 0 fully saturated rings. The first kappa shape index (κ1) is 33.2. The van der Waals surface area contributed by atoms with Gasteiger partial charge in [-0.1, -0.05) is 172 Å². The van der Waals surface area contributed by atoms with Crippen LogP contribution in [-0.2, 0) is 5.41 Å². The van der Waals surface area contributed by atoms with Crippen LogP contribution in [0, 0.1) is 0 Å². The van der Waals surface area contributed by atoms with Gasteiger partial charge < -0.3 is 9.47 Å². The summed E-state index contributed by atoms with van der Waals surface area (Å²) in [7, 11) is 0. The number of aromatic nitrogens is 1. The molecule has 1 aromatic heterocycles. The Labute approximate surface area is 333 Å². The molecular formula is C55H40N2. The number of hydrogen-bond acceptors (Lipinski definition) is 1. The van der Waals surface area contributed by atoms with Crippen LogP contribution in [0.3, 0.4) is 0 Å². The summed E-state index contributed by atoms with van der Waals surface area (Å²) in [6, 6.07) is 75.7. The van der Waals surface area contributed by atoms with Gasteiger partial charge in [0.25, 0.3) is 0 Å². The zero-order valence-electron chi connectivity index (χ0n) is 32.0. The van der Waals surface area contributed by atoms with Gasteiger partial charge in [-0.3, -0.25) is 0 Å². The molecule has 2 nitrogen and oxygen atoms in total. The van der Waals surface area contributed by atoms with Crippen LogP contribution in [0.15, 0.2) is 206 Å². The maximum atomic E-state index is 2.52. The van der Waals surface area contributed by atoms with Crippen LogP contribution in [-0.4, -0.2) is 4.57 Å². The molecule has 57 heavy (non-hydrogen) atoms. The summed E-state index contributed by atoms with van der Waals surface area (Å²) in [5, 5.41) is 4.90. The van der Waals surface area contributed by atoms with E-state index in [-0.39, 0.29) is 5.41 Å². The molecular weight excluding hydrogens is 689 g/mol. The molecule has 0 spiro atoms. The van der Waals surface area contributed by atoms with Crippen molar-refractivity contribution in [2.45, 2.75) is 19.3 Å². The summed E-state index contributed by atoms with van der Waals surface area (Å²) in [5.74, 6) is 0. The highest BCUT2D eigenvalue weighted by molar-refractivity contribution is 6.17. The average molecular weight is 729 g/mol. The number of hydrogen-bond donors (Lipinski definition) is 0. The van der Waals surface area contributed by atoms with Gasteiger partial charge in [0.05, 0.1) is 28.1 Å². The minimum absolute atomic E-state index is 0.144. The molecule has 0 aliphatic heterocycles. The normalized spacial score (nSPS) is 12.9. The van der Waals surface area contributed by atoms with Crippen molar-refractivity contribution in [1.82, 2.24) is 4.57 Å². The van der Waals surface area contributed by atoms with E-state index in [2.05, 4.69) is 230 Å². The fraction of sp³-hybridized carbons (Fsp3) is 0.0545. The summed E-state index contributed by atoms with van der Waals surface area (Å²) in [6.45, 7) is 4.74. The van der Waals surface area contributed by atoms with Gasteiger partial charge in [-0.2, -0.15) is 0 Å². The summed E-state index contributed by atoms with van der Waals surface area (Å²) in [4.78, 5) is 2.52. The fourth-order valence-electron chi connectivity index (χ4n) is 9.49. The van der Waals surface area contributed by atoms with Crippen molar-refractivity contribution in [3.05, 3.63) is 217 Å². The molecule has 2 heteroatoms. The Balaban J connectivity index is 1.21. The molecule has 0 amide bonds. The highest BCUT2D eigenvalue weighted by atomic mass is 15.2. The van der Waals surface area contributed by atoms with Crippen molar-refractivity contribution in [3.63, 3.8) is 0 Å². The highest BCUT2D eigenvalue weighted by Gasteiger charge is 2.36. The predicted molar refractivity (Wildman–Crippen MR) is 241 cm³/mol. The Morgan fingerprint density at radius 2 is 1.05 bits per heavy atom. The molecule has 0 bridgehead atoms. The first-order valence-electron chi connectivity index (χ1n) is 19.9. The van der Waals surface area contributed by atoms with Crippen LogP contribution in [0.25, 0.3) is 71.6 Å². The Bertz CT molecular complexity index is 3170. The maximum absolute atomic E-state index is 2.52. The topological polar surface area (TPSA) is 8.17 Å². The van der Waals surface area contributed by atoms with Crippen LogP contribution in [0.2, 0.25) is 0 Å². The van der Waals surface area contributed by atoms with Crippen LogP contribution < -0.4 is 4.90 Å². The summed E-state index contributed by atoms with van der Waals surface area (Å²) in [6.07, 6.45) is 0. The van der Waals surface area contributed by atoms with Gasteiger partial charge in [0.15, 0.2) is 0 Å². The summed E-state index contributed by atoms with van der Waals surface area (Å²) >= 11 is 0. The molecule has 1 aliphatic carbocycles. The predicted octanol–water partition coefficient (Wildman–Crippen LogP) is 15.0. The average Bonchev–Trinajstić information content (AvgIpc) is 3.73. The van der Waals surface area contributed by atoms with Crippen LogP contribution in [0.5, 0.6) is 0 Å². The standard InChI is InChI=1S/C55H40N2/c1-55(2)47-25-12-8-23-44(47)45-34-33-41(36-48(45)55)56(49-26-13-10-22-43(49)40-32-31-37-17-6-7-20-39(37)35-40)52-29-16-30-53-54(52)46-24-11-15-28-51(46)57(53)50-27-14-9-21-42(50)38-18-4-3-5-19-38/h3-36H,1-2H3. The first-order valence-corrected chi connectivity index (χ1v) is 19.9. The van der Waals surface area contributed by atoms with E-state index in [0.717, 1.165) is 22.7 Å². The minimum Gasteiger partial charge on any atom is -0.309 e. The number of rotatable bonds is 6. The fourth-order valence-corrected chi connectivity index (χ4v) is 9.49. The zero-order valence-corrected chi connectivity index (χ0v) is 32.0. The van der Waals surface area contributed by atoms with Crippen LogP contribution >= 0.6 is 0 Å². The second kappa shape index (κ2) is 13.0. The van der Waals surface area contributed by atoms with Crippen LogP contribution in [0.1, 0.15) is 25.0 Å². The monoisotopic (exact) mass is 728 g/mol. The highest BCUT2D eigenvalue weighted by Crippen LogP contribution is 2.52. The zero-order chi connectivity index (χ0) is 38.1. The molecule has 0 atom stereocenters. The van der Waals surface area contributed by atoms with Crippen molar-refractivity contribution >= 4 is 49.6 Å². The van der Waals surface area contributed by atoms with Crippen molar-refractivity contribution in [3.8, 4) is 39.1 Å². The van der Waals surface area contributed by atoms with Gasteiger partial charge in [0.2, 0.25) is 0 Å². The lowest BCUT2D eigenvalue weighted by Gasteiger charge is -2.30. The molecule has 0 saturated carbocycles. The SMILES string of the molecule is CC1(C)c2ccccc2-c2ccc(N(c3ccccc3-c3ccc4ccccc4c3)c3cccc4c3c3ccccc3n4-c3ccccc3-c3ccccc3)cc21. The lowest BCUT2D eigenvalue weighted by atomic mass is 9.82. The van der Waals surface area contributed by atoms with Gasteiger partial charge in [0, 0.05) is 33.0 Å². The minimum atomic E-state index is -0.144. The van der Waals surface area contributed by atoms with Gasteiger partial charge in [0.1, 0.15) is 0 Å². The summed E-state index contributed by atoms with van der Waals surface area (Å²) < 4.78 is 2.46. The van der Waals surface area contributed by atoms with Crippen molar-refractivity contribution < 1.29 is 0 Å². The van der Waals surface area contributed by atoms with E-state index in [4.69, 9.17) is 0 Å². The Kier molecular flexibility index (Phi) is 7.55. The Hall–Kier alpha value is -7.16. The van der Waals surface area contributed by atoms with Crippen molar-refractivity contribution in [2.75, 3.05) is 4.90 Å². The largest absolute Gasteiger partial charge is 0.309 e. The third kappa shape index (κ3) is 5.18. The van der Waals surface area contributed by atoms with E-state index in [0.29, 0.717) is 0 Å². The van der Waals surface area contributed by atoms with Crippen LogP contribution in [0.4, 0.5) is 17.1 Å². The number of fused-ring (bicyclic) bond motifs is 7. The number of nitrogens with zero attached hydrogens (tertiary/aromatic N) is 2. The Morgan fingerprint density at radius 3 is 1.93 bits per heavy atom. The third-order valence-corrected chi connectivity index (χ3v) is 12.2. The van der Waals surface area contributed by atoms with E-state index in [9.17, 15) is 0 Å². The molecule has 270 valence electrons. The lowest BCUT2D eigenvalue weighted by Crippen LogP contribution is -2.17. The van der Waals surface area contributed by atoms with Gasteiger partial charge in [-0.15, -0.1) is 0 Å². The van der Waals surface area contributed by atoms with Gasteiger partial charge in [-0.25, -0.2) is 0 Å². The maximum Gasteiger partial charge on any atom is 0.0562 e. The molecule has 0 radical (unpaired) electrons. The van der Waals surface area contributed by atoms with Gasteiger partial charge in [-0.05, 0) is 92.7 Å². The molecule has 0 N–H and O–H groups in total. The second-order valence-corrected chi connectivity index (χ2v) is 15.7. The number of para-hydroxylation sites is 3. The Morgan fingerprint density at radius 1 is 0.404 bits per heavy atom. The van der Waals surface area contributed by atoms with E-state index >= 15 is 0 Å². The quantitative estimate of drug-likeness (QED) is 0.165. The van der Waals surface area contributed by atoms with Gasteiger partial charge >= 0.3 is 0 Å².